The standard InChI is InChI=1S/C13H24N4O2S.ClH/c1-10(2)16-7-12(15-9-16)20(18,19)17-6-5-11(14)13(3,4)8-17;/h7,9-11H,5-6,8,14H2,1-4H3;1H. The van der Waals surface area contributed by atoms with Crippen molar-refractivity contribution in [3.8, 4) is 0 Å². The van der Waals surface area contributed by atoms with Crippen LogP contribution in [-0.2, 0) is 10.0 Å². The molecular formula is C13H25ClN4O2S. The zero-order valence-electron chi connectivity index (χ0n) is 13.0. The van der Waals surface area contributed by atoms with Gasteiger partial charge in [-0.05, 0) is 25.7 Å². The van der Waals surface area contributed by atoms with Crippen LogP contribution in [0.2, 0.25) is 0 Å². The molecule has 1 saturated heterocycles. The normalized spacial score (nSPS) is 23.0. The number of halogens is 1. The Morgan fingerprint density at radius 1 is 1.43 bits per heavy atom. The summed E-state index contributed by atoms with van der Waals surface area (Å²) in [5.41, 5.74) is 5.84. The first-order chi connectivity index (χ1) is 9.14. The van der Waals surface area contributed by atoms with Gasteiger partial charge < -0.3 is 10.3 Å². The number of hydrogen-bond donors (Lipinski definition) is 1. The molecule has 1 unspecified atom stereocenters. The van der Waals surface area contributed by atoms with Gasteiger partial charge in [-0.15, -0.1) is 12.4 Å². The van der Waals surface area contributed by atoms with Gasteiger partial charge in [0.15, 0.2) is 5.03 Å². The fourth-order valence-electron chi connectivity index (χ4n) is 2.40. The summed E-state index contributed by atoms with van der Waals surface area (Å²) in [5.74, 6) is 0. The molecule has 2 N–H and O–H groups in total. The lowest BCUT2D eigenvalue weighted by molar-refractivity contribution is 0.155. The molecule has 1 aliphatic rings. The maximum atomic E-state index is 12.6. The maximum Gasteiger partial charge on any atom is 0.262 e. The molecule has 0 amide bonds. The second-order valence-corrected chi connectivity index (χ2v) is 8.36. The van der Waals surface area contributed by atoms with Gasteiger partial charge in [0, 0.05) is 31.4 Å². The number of piperidine rings is 1. The SMILES string of the molecule is CC(C)n1cnc(S(=O)(=O)N2CCC(N)C(C)(C)C2)c1.Cl. The van der Waals surface area contributed by atoms with Crippen LogP contribution in [0.5, 0.6) is 0 Å². The van der Waals surface area contributed by atoms with Crippen LogP contribution >= 0.6 is 12.4 Å². The molecule has 1 atom stereocenters. The van der Waals surface area contributed by atoms with E-state index in [4.69, 9.17) is 5.73 Å². The van der Waals surface area contributed by atoms with Crippen LogP contribution in [0.3, 0.4) is 0 Å². The smallest absolute Gasteiger partial charge is 0.262 e. The van der Waals surface area contributed by atoms with Crippen molar-refractivity contribution in [3.05, 3.63) is 12.5 Å². The highest BCUT2D eigenvalue weighted by Crippen LogP contribution is 2.30. The highest BCUT2D eigenvalue weighted by atomic mass is 35.5. The monoisotopic (exact) mass is 336 g/mol. The minimum Gasteiger partial charge on any atom is -0.334 e. The Labute approximate surface area is 133 Å². The molecule has 21 heavy (non-hydrogen) atoms. The number of imidazole rings is 1. The summed E-state index contributed by atoms with van der Waals surface area (Å²) in [6, 6.07) is 0.222. The zero-order chi connectivity index (χ0) is 15.1. The Bertz CT molecular complexity index is 583. The van der Waals surface area contributed by atoms with Gasteiger partial charge in [0.1, 0.15) is 0 Å². The molecule has 0 aliphatic carbocycles. The Hall–Kier alpha value is -0.630. The summed E-state index contributed by atoms with van der Waals surface area (Å²) in [7, 11) is -3.52. The Morgan fingerprint density at radius 2 is 2.05 bits per heavy atom. The van der Waals surface area contributed by atoms with Crippen molar-refractivity contribution >= 4 is 22.4 Å². The van der Waals surface area contributed by atoms with Crippen LogP contribution in [0.25, 0.3) is 0 Å². The molecule has 0 spiro atoms. The van der Waals surface area contributed by atoms with Crippen molar-refractivity contribution in [1.29, 1.82) is 0 Å². The first-order valence-corrected chi connectivity index (χ1v) is 8.38. The predicted octanol–water partition coefficient (Wildman–Crippen LogP) is 1.63. The third kappa shape index (κ3) is 3.59. The largest absolute Gasteiger partial charge is 0.334 e. The van der Waals surface area contributed by atoms with E-state index in [9.17, 15) is 8.42 Å². The molecule has 1 aromatic heterocycles. The van der Waals surface area contributed by atoms with Crippen LogP contribution in [-0.4, -0.2) is 41.4 Å². The van der Waals surface area contributed by atoms with E-state index in [2.05, 4.69) is 4.98 Å². The van der Waals surface area contributed by atoms with Gasteiger partial charge in [0.25, 0.3) is 10.0 Å². The molecule has 1 fully saturated rings. The first kappa shape index (κ1) is 18.4. The summed E-state index contributed by atoms with van der Waals surface area (Å²) in [4.78, 5) is 4.05. The number of sulfonamides is 1. The molecular weight excluding hydrogens is 312 g/mol. The highest BCUT2D eigenvalue weighted by molar-refractivity contribution is 7.89. The topological polar surface area (TPSA) is 81.2 Å². The van der Waals surface area contributed by atoms with Gasteiger partial charge in [-0.3, -0.25) is 0 Å². The summed E-state index contributed by atoms with van der Waals surface area (Å²) in [6.45, 7) is 8.88. The van der Waals surface area contributed by atoms with Gasteiger partial charge in [-0.2, -0.15) is 4.31 Å². The summed E-state index contributed by atoms with van der Waals surface area (Å²) < 4.78 is 28.6. The maximum absolute atomic E-state index is 12.6. The van der Waals surface area contributed by atoms with Gasteiger partial charge >= 0.3 is 0 Å². The second-order valence-electron chi connectivity index (χ2n) is 6.48. The Morgan fingerprint density at radius 3 is 2.52 bits per heavy atom. The van der Waals surface area contributed by atoms with E-state index in [0.29, 0.717) is 19.5 Å². The van der Waals surface area contributed by atoms with E-state index < -0.39 is 10.0 Å². The van der Waals surface area contributed by atoms with Crippen LogP contribution < -0.4 is 5.73 Å². The molecule has 0 aromatic carbocycles. The Balaban J connectivity index is 0.00000220. The quantitative estimate of drug-likeness (QED) is 0.909. The van der Waals surface area contributed by atoms with Crippen LogP contribution in [0.15, 0.2) is 17.6 Å². The molecule has 2 rings (SSSR count). The van der Waals surface area contributed by atoms with Crippen molar-refractivity contribution in [3.63, 3.8) is 0 Å². The number of aromatic nitrogens is 2. The lowest BCUT2D eigenvalue weighted by Crippen LogP contribution is -2.53. The molecule has 6 nitrogen and oxygen atoms in total. The number of rotatable bonds is 3. The van der Waals surface area contributed by atoms with E-state index >= 15 is 0 Å². The third-order valence-electron chi connectivity index (χ3n) is 4.06. The van der Waals surface area contributed by atoms with Crippen molar-refractivity contribution in [2.24, 2.45) is 11.1 Å². The average molecular weight is 337 g/mol. The molecule has 2 heterocycles. The summed E-state index contributed by atoms with van der Waals surface area (Å²) in [5, 5.41) is 0.123. The van der Waals surface area contributed by atoms with Crippen LogP contribution in [0.4, 0.5) is 0 Å². The van der Waals surface area contributed by atoms with Gasteiger partial charge in [0.05, 0.1) is 6.33 Å². The predicted molar refractivity (Wildman–Crippen MR) is 85.0 cm³/mol. The third-order valence-corrected chi connectivity index (χ3v) is 5.79. The lowest BCUT2D eigenvalue weighted by Gasteiger charge is -2.41. The molecule has 0 saturated carbocycles. The molecule has 1 aromatic rings. The van der Waals surface area contributed by atoms with Gasteiger partial charge in [-0.1, -0.05) is 13.8 Å². The number of nitrogens with zero attached hydrogens (tertiary/aromatic N) is 3. The summed E-state index contributed by atoms with van der Waals surface area (Å²) in [6.07, 6.45) is 3.84. The summed E-state index contributed by atoms with van der Waals surface area (Å²) >= 11 is 0. The van der Waals surface area contributed by atoms with Crippen molar-refractivity contribution in [1.82, 2.24) is 13.9 Å². The van der Waals surface area contributed by atoms with E-state index in [1.165, 1.54) is 4.31 Å². The van der Waals surface area contributed by atoms with Crippen molar-refractivity contribution < 1.29 is 8.42 Å². The second kappa shape index (κ2) is 6.24. The van der Waals surface area contributed by atoms with E-state index in [-0.39, 0.29) is 34.9 Å². The Kier molecular flexibility index (Phi) is 5.47. The molecule has 0 bridgehead atoms. The van der Waals surface area contributed by atoms with Crippen molar-refractivity contribution in [2.45, 2.75) is 51.2 Å². The van der Waals surface area contributed by atoms with Crippen molar-refractivity contribution in [2.75, 3.05) is 13.1 Å². The first-order valence-electron chi connectivity index (χ1n) is 6.94. The minimum atomic E-state index is -3.52. The lowest BCUT2D eigenvalue weighted by atomic mass is 9.81. The van der Waals surface area contributed by atoms with E-state index in [1.54, 1.807) is 17.1 Å². The van der Waals surface area contributed by atoms with E-state index in [1.807, 2.05) is 27.7 Å². The number of hydrogen-bond acceptors (Lipinski definition) is 4. The van der Waals surface area contributed by atoms with E-state index in [0.717, 1.165) is 0 Å². The van der Waals surface area contributed by atoms with Gasteiger partial charge in [-0.25, -0.2) is 13.4 Å². The highest BCUT2D eigenvalue weighted by Gasteiger charge is 2.39. The number of nitrogens with two attached hydrogens (primary N) is 1. The minimum absolute atomic E-state index is 0. The molecule has 1 aliphatic heterocycles. The molecule has 0 radical (unpaired) electrons. The average Bonchev–Trinajstić information content (AvgIpc) is 2.82. The fourth-order valence-corrected chi connectivity index (χ4v) is 3.94. The molecule has 122 valence electrons. The fraction of sp³-hybridized carbons (Fsp3) is 0.769. The van der Waals surface area contributed by atoms with Crippen LogP contribution in [0.1, 0.15) is 40.2 Å². The zero-order valence-corrected chi connectivity index (χ0v) is 14.6. The van der Waals surface area contributed by atoms with Crippen LogP contribution in [0, 0.1) is 5.41 Å². The van der Waals surface area contributed by atoms with Gasteiger partial charge in [0.2, 0.25) is 0 Å². The molecule has 8 heteroatoms.